The zero-order chi connectivity index (χ0) is 25.5. The van der Waals surface area contributed by atoms with Crippen LogP contribution < -0.4 is 9.33 Å². The van der Waals surface area contributed by atoms with Crippen molar-refractivity contribution < 1.29 is 9.22 Å². The molecule has 4 nitrogen and oxygen atoms in total. The van der Waals surface area contributed by atoms with Gasteiger partial charge < -0.3 is 4.43 Å². The molecule has 3 rings (SSSR count). The van der Waals surface area contributed by atoms with Crippen molar-refractivity contribution in [1.82, 2.24) is 0 Å². The van der Waals surface area contributed by atoms with Gasteiger partial charge in [-0.2, -0.15) is 5.26 Å². The number of amides is 1. The lowest BCUT2D eigenvalue weighted by atomic mass is 9.78. The standard InChI is InChI=1S/C28H36N2O2SSi/c1-27(2,3)20-16-19(17-21(28(4,5)6)25(20)32-34(7,8)9)18-24-26(31)30(15-14-29)22-12-10-11-13-23(22)33-24/h10-13,16-18H,15H2,1-9H3. The molecular weight excluding hydrogens is 456 g/mol. The van der Waals surface area contributed by atoms with Crippen molar-refractivity contribution in [3.05, 3.63) is 58.0 Å². The van der Waals surface area contributed by atoms with Crippen LogP contribution in [0.3, 0.4) is 0 Å². The van der Waals surface area contributed by atoms with Crippen LogP contribution in [0.5, 0.6) is 5.75 Å². The predicted octanol–water partition coefficient (Wildman–Crippen LogP) is 7.50. The maximum absolute atomic E-state index is 13.4. The molecule has 1 heterocycles. The fraction of sp³-hybridized carbons (Fsp3) is 0.429. The molecular formula is C28H36N2O2SSi. The van der Waals surface area contributed by atoms with Gasteiger partial charge in [-0.1, -0.05) is 65.4 Å². The SMILES string of the molecule is CC(C)(C)c1cc(C=C2Sc3ccccc3N(CC#N)C2=O)cc(C(C)(C)C)c1O[Si](C)(C)C. The molecule has 0 aromatic heterocycles. The third-order valence-corrected chi connectivity index (χ3v) is 7.39. The van der Waals surface area contributed by atoms with E-state index in [2.05, 4.69) is 79.4 Å². The smallest absolute Gasteiger partial charge is 0.266 e. The van der Waals surface area contributed by atoms with E-state index in [4.69, 9.17) is 4.43 Å². The number of hydrogen-bond donors (Lipinski definition) is 0. The van der Waals surface area contributed by atoms with Crippen LogP contribution in [0.4, 0.5) is 5.69 Å². The Balaban J connectivity index is 2.22. The first kappa shape index (κ1) is 26.1. The molecule has 1 aliphatic heterocycles. The van der Waals surface area contributed by atoms with Crippen LogP contribution >= 0.6 is 11.8 Å². The van der Waals surface area contributed by atoms with E-state index in [-0.39, 0.29) is 23.3 Å². The van der Waals surface area contributed by atoms with Gasteiger partial charge in [-0.15, -0.1) is 0 Å². The molecule has 34 heavy (non-hydrogen) atoms. The number of nitrogens with zero attached hydrogens (tertiary/aromatic N) is 2. The summed E-state index contributed by atoms with van der Waals surface area (Å²) in [7, 11) is -1.86. The largest absolute Gasteiger partial charge is 0.544 e. The minimum atomic E-state index is -1.86. The summed E-state index contributed by atoms with van der Waals surface area (Å²) >= 11 is 1.47. The monoisotopic (exact) mass is 492 g/mol. The minimum absolute atomic E-state index is 0.0250. The highest BCUT2D eigenvalue weighted by Crippen LogP contribution is 2.45. The number of thioether (sulfide) groups is 1. The lowest BCUT2D eigenvalue weighted by Gasteiger charge is -2.34. The van der Waals surface area contributed by atoms with Gasteiger partial charge in [0.05, 0.1) is 16.7 Å². The second-order valence-corrected chi connectivity index (χ2v) is 17.3. The Hall–Kier alpha value is -2.49. The highest BCUT2D eigenvalue weighted by molar-refractivity contribution is 8.04. The molecule has 0 atom stereocenters. The molecule has 1 aliphatic rings. The summed E-state index contributed by atoms with van der Waals surface area (Å²) in [4.78, 5) is 16.5. The van der Waals surface area contributed by atoms with Crippen molar-refractivity contribution in [3.63, 3.8) is 0 Å². The number of hydrogen-bond acceptors (Lipinski definition) is 4. The first-order valence-electron chi connectivity index (χ1n) is 11.7. The Morgan fingerprint density at radius 1 is 1.03 bits per heavy atom. The molecule has 180 valence electrons. The van der Waals surface area contributed by atoms with Gasteiger partial charge in [-0.25, -0.2) is 0 Å². The fourth-order valence-electron chi connectivity index (χ4n) is 3.91. The molecule has 0 saturated heterocycles. The van der Waals surface area contributed by atoms with Crippen LogP contribution in [0.25, 0.3) is 6.08 Å². The summed E-state index contributed by atoms with van der Waals surface area (Å²) < 4.78 is 6.68. The molecule has 0 bridgehead atoms. The van der Waals surface area contributed by atoms with Gasteiger partial charge in [0.2, 0.25) is 8.32 Å². The topological polar surface area (TPSA) is 53.3 Å². The number of rotatable bonds is 4. The zero-order valence-corrected chi connectivity index (χ0v) is 23.7. The van der Waals surface area contributed by atoms with E-state index in [0.717, 1.165) is 33.0 Å². The molecule has 0 fully saturated rings. The van der Waals surface area contributed by atoms with Crippen molar-refractivity contribution in [2.75, 3.05) is 11.4 Å². The van der Waals surface area contributed by atoms with Crippen LogP contribution in [-0.4, -0.2) is 20.8 Å². The lowest BCUT2D eigenvalue weighted by Crippen LogP contribution is -2.34. The fourth-order valence-corrected chi connectivity index (χ4v) is 5.80. The Bertz CT molecular complexity index is 1140. The van der Waals surface area contributed by atoms with Crippen molar-refractivity contribution >= 4 is 37.7 Å². The molecule has 1 amide bonds. The van der Waals surface area contributed by atoms with E-state index in [9.17, 15) is 10.1 Å². The van der Waals surface area contributed by atoms with Crippen molar-refractivity contribution in [2.24, 2.45) is 0 Å². The summed E-state index contributed by atoms with van der Waals surface area (Å²) in [6.07, 6.45) is 1.97. The predicted molar refractivity (Wildman–Crippen MR) is 146 cm³/mol. The van der Waals surface area contributed by atoms with Crippen LogP contribution in [0, 0.1) is 11.3 Å². The van der Waals surface area contributed by atoms with Crippen molar-refractivity contribution in [2.45, 2.75) is 76.9 Å². The van der Waals surface area contributed by atoms with Gasteiger partial charge in [0.15, 0.2) is 0 Å². The highest BCUT2D eigenvalue weighted by atomic mass is 32.2. The average molecular weight is 493 g/mol. The summed E-state index contributed by atoms with van der Waals surface area (Å²) in [6, 6.07) is 14.2. The van der Waals surface area contributed by atoms with E-state index in [0.29, 0.717) is 4.91 Å². The third-order valence-electron chi connectivity index (χ3n) is 5.49. The van der Waals surface area contributed by atoms with Crippen molar-refractivity contribution in [1.29, 1.82) is 5.26 Å². The van der Waals surface area contributed by atoms with Gasteiger partial charge in [0.25, 0.3) is 5.91 Å². The number of benzene rings is 2. The first-order valence-corrected chi connectivity index (χ1v) is 15.9. The second-order valence-electron chi connectivity index (χ2n) is 11.8. The van der Waals surface area contributed by atoms with Gasteiger partial charge in [0.1, 0.15) is 12.3 Å². The van der Waals surface area contributed by atoms with E-state index in [1.165, 1.54) is 11.8 Å². The molecule has 0 aliphatic carbocycles. The lowest BCUT2D eigenvalue weighted by molar-refractivity contribution is -0.114. The summed E-state index contributed by atoms with van der Waals surface area (Å²) in [5.41, 5.74) is 3.80. The van der Waals surface area contributed by atoms with E-state index < -0.39 is 8.32 Å². The first-order chi connectivity index (χ1) is 15.6. The molecule has 2 aromatic rings. The highest BCUT2D eigenvalue weighted by Gasteiger charge is 2.32. The quantitative estimate of drug-likeness (QED) is 0.252. The maximum Gasteiger partial charge on any atom is 0.266 e. The molecule has 6 heteroatoms. The number of nitriles is 1. The van der Waals surface area contributed by atoms with Crippen LogP contribution in [0.1, 0.15) is 58.2 Å². The summed E-state index contributed by atoms with van der Waals surface area (Å²) in [5.74, 6) is 0.850. The maximum atomic E-state index is 13.4. The van der Waals surface area contributed by atoms with Gasteiger partial charge >= 0.3 is 0 Å². The van der Waals surface area contributed by atoms with E-state index in [1.807, 2.05) is 30.3 Å². The zero-order valence-electron chi connectivity index (χ0n) is 21.9. The molecule has 0 radical (unpaired) electrons. The van der Waals surface area contributed by atoms with Gasteiger partial charge in [0, 0.05) is 4.90 Å². The van der Waals surface area contributed by atoms with E-state index >= 15 is 0 Å². The summed E-state index contributed by atoms with van der Waals surface area (Å²) in [5, 5.41) is 9.33. The van der Waals surface area contributed by atoms with Gasteiger partial charge in [-0.05, 0) is 77.5 Å². The average Bonchev–Trinajstić information content (AvgIpc) is 2.69. The van der Waals surface area contributed by atoms with E-state index in [1.54, 1.807) is 4.90 Å². The van der Waals surface area contributed by atoms with Crippen LogP contribution in [0.15, 0.2) is 46.2 Å². The molecule has 2 aromatic carbocycles. The minimum Gasteiger partial charge on any atom is -0.544 e. The second kappa shape index (κ2) is 9.28. The Morgan fingerprint density at radius 2 is 1.59 bits per heavy atom. The number of fused-ring (bicyclic) bond motifs is 1. The molecule has 0 unspecified atom stereocenters. The Morgan fingerprint density at radius 3 is 2.09 bits per heavy atom. The molecule has 0 saturated carbocycles. The number of para-hydroxylation sites is 1. The number of carbonyl (C=O) groups is 1. The Kier molecular flexibility index (Phi) is 7.13. The summed E-state index contributed by atoms with van der Waals surface area (Å²) in [6.45, 7) is 19.9. The van der Waals surface area contributed by atoms with Crippen LogP contribution in [0.2, 0.25) is 19.6 Å². The van der Waals surface area contributed by atoms with Crippen LogP contribution in [-0.2, 0) is 15.6 Å². The number of anilines is 1. The Labute approximate surface area is 210 Å². The number of carbonyl (C=O) groups excluding carboxylic acids is 1. The third kappa shape index (κ3) is 5.76. The molecule has 0 spiro atoms. The normalized spacial score (nSPS) is 15.8. The molecule has 0 N–H and O–H groups in total. The van der Waals surface area contributed by atoms with Crippen molar-refractivity contribution in [3.8, 4) is 11.8 Å². The van der Waals surface area contributed by atoms with Gasteiger partial charge in [-0.3, -0.25) is 9.69 Å².